The molecule has 0 unspecified atom stereocenters. The summed E-state index contributed by atoms with van der Waals surface area (Å²) in [6.07, 6.45) is 0. The van der Waals surface area contributed by atoms with Crippen LogP contribution < -0.4 is 5.73 Å². The quantitative estimate of drug-likeness (QED) is 0.724. The van der Waals surface area contributed by atoms with Crippen LogP contribution in [0, 0.1) is 0 Å². The standard InChI is InChI=1S/C12H11NO.H2S/c13-11-5-1-9(2-6-11)10-3-7-12(14)8-4-10;/h1-8,14H,13H2;1H2. The molecule has 78 valence electrons. The summed E-state index contributed by atoms with van der Waals surface area (Å²) in [6.45, 7) is 0. The minimum Gasteiger partial charge on any atom is -0.508 e. The third-order valence-electron chi connectivity index (χ3n) is 2.11. The zero-order valence-electron chi connectivity index (χ0n) is 8.14. The molecule has 0 aliphatic rings. The highest BCUT2D eigenvalue weighted by Gasteiger charge is 1.96. The molecule has 0 radical (unpaired) electrons. The Morgan fingerprint density at radius 3 is 1.60 bits per heavy atom. The van der Waals surface area contributed by atoms with Crippen molar-refractivity contribution < 1.29 is 5.11 Å². The predicted octanol–water partition coefficient (Wildman–Crippen LogP) is 2.75. The summed E-state index contributed by atoms with van der Waals surface area (Å²) in [5, 5.41) is 9.13. The lowest BCUT2D eigenvalue weighted by atomic mass is 10.1. The molecule has 0 saturated heterocycles. The largest absolute Gasteiger partial charge is 0.508 e. The molecule has 2 rings (SSSR count). The van der Waals surface area contributed by atoms with E-state index >= 15 is 0 Å². The van der Waals surface area contributed by atoms with Crippen molar-refractivity contribution in [2.24, 2.45) is 0 Å². The third-order valence-corrected chi connectivity index (χ3v) is 2.11. The average molecular weight is 219 g/mol. The highest BCUT2D eigenvalue weighted by atomic mass is 32.1. The van der Waals surface area contributed by atoms with Gasteiger partial charge in [0.2, 0.25) is 0 Å². The summed E-state index contributed by atoms with van der Waals surface area (Å²) >= 11 is 0. The molecule has 2 nitrogen and oxygen atoms in total. The Morgan fingerprint density at radius 2 is 1.13 bits per heavy atom. The van der Waals surface area contributed by atoms with Crippen LogP contribution in [0.1, 0.15) is 0 Å². The summed E-state index contributed by atoms with van der Waals surface area (Å²) in [5.74, 6) is 0.282. The van der Waals surface area contributed by atoms with Gasteiger partial charge in [0, 0.05) is 5.69 Å². The molecule has 15 heavy (non-hydrogen) atoms. The molecule has 2 aromatic rings. The SMILES string of the molecule is Nc1ccc(-c2ccc(O)cc2)cc1.S. The van der Waals surface area contributed by atoms with Gasteiger partial charge in [-0.15, -0.1) is 0 Å². The lowest BCUT2D eigenvalue weighted by molar-refractivity contribution is 0.475. The van der Waals surface area contributed by atoms with Crippen LogP contribution in [0.25, 0.3) is 11.1 Å². The minimum absolute atomic E-state index is 0. The van der Waals surface area contributed by atoms with E-state index in [0.29, 0.717) is 0 Å². The zero-order valence-corrected chi connectivity index (χ0v) is 9.14. The first kappa shape index (κ1) is 11.5. The molecule has 0 spiro atoms. The lowest BCUT2D eigenvalue weighted by Gasteiger charge is -2.01. The number of nitrogen functional groups attached to an aromatic ring is 1. The van der Waals surface area contributed by atoms with Crippen LogP contribution in [0.2, 0.25) is 0 Å². The van der Waals surface area contributed by atoms with Crippen LogP contribution in [0.15, 0.2) is 48.5 Å². The van der Waals surface area contributed by atoms with Crippen LogP contribution in [0.5, 0.6) is 5.75 Å². The molecular formula is C12H13NOS. The Labute approximate surface area is 95.8 Å². The summed E-state index contributed by atoms with van der Waals surface area (Å²) in [5.41, 5.74) is 8.51. The van der Waals surface area contributed by atoms with Gasteiger partial charge in [0.25, 0.3) is 0 Å². The second kappa shape index (κ2) is 4.75. The Hall–Kier alpha value is -1.61. The van der Waals surface area contributed by atoms with E-state index in [2.05, 4.69) is 0 Å². The molecule has 0 aromatic heterocycles. The maximum atomic E-state index is 9.13. The van der Waals surface area contributed by atoms with Gasteiger partial charge in [0.05, 0.1) is 0 Å². The minimum atomic E-state index is 0. The Morgan fingerprint density at radius 1 is 0.733 bits per heavy atom. The van der Waals surface area contributed by atoms with Gasteiger partial charge in [-0.05, 0) is 35.4 Å². The van der Waals surface area contributed by atoms with Gasteiger partial charge in [-0.25, -0.2) is 0 Å². The Balaban J connectivity index is 0.00000112. The van der Waals surface area contributed by atoms with E-state index in [1.807, 2.05) is 36.4 Å². The maximum Gasteiger partial charge on any atom is 0.115 e. The van der Waals surface area contributed by atoms with Crippen molar-refractivity contribution in [1.29, 1.82) is 0 Å². The first-order valence-corrected chi connectivity index (χ1v) is 4.41. The van der Waals surface area contributed by atoms with Crippen molar-refractivity contribution in [2.75, 3.05) is 5.73 Å². The van der Waals surface area contributed by atoms with Crippen LogP contribution in [0.4, 0.5) is 5.69 Å². The summed E-state index contributed by atoms with van der Waals surface area (Å²) in [6, 6.07) is 14.7. The van der Waals surface area contributed by atoms with Crippen molar-refractivity contribution in [3.8, 4) is 16.9 Å². The van der Waals surface area contributed by atoms with Crippen LogP contribution in [0.3, 0.4) is 0 Å². The molecule has 0 aliphatic carbocycles. The highest BCUT2D eigenvalue weighted by Crippen LogP contribution is 2.22. The highest BCUT2D eigenvalue weighted by molar-refractivity contribution is 7.59. The molecule has 2 aromatic carbocycles. The number of phenols is 1. The summed E-state index contributed by atoms with van der Waals surface area (Å²) < 4.78 is 0. The smallest absolute Gasteiger partial charge is 0.115 e. The van der Waals surface area contributed by atoms with Crippen molar-refractivity contribution in [1.82, 2.24) is 0 Å². The number of hydrogen-bond donors (Lipinski definition) is 2. The maximum absolute atomic E-state index is 9.13. The molecule has 0 aliphatic heterocycles. The molecule has 0 bridgehead atoms. The van der Waals surface area contributed by atoms with E-state index in [-0.39, 0.29) is 19.2 Å². The molecule has 3 N–H and O–H groups in total. The predicted molar refractivity (Wildman–Crippen MR) is 68.3 cm³/mol. The van der Waals surface area contributed by atoms with Gasteiger partial charge < -0.3 is 10.8 Å². The van der Waals surface area contributed by atoms with Gasteiger partial charge >= 0.3 is 0 Å². The second-order valence-corrected chi connectivity index (χ2v) is 3.17. The fraction of sp³-hybridized carbons (Fsp3) is 0. The molecule has 0 amide bonds. The summed E-state index contributed by atoms with van der Waals surface area (Å²) in [7, 11) is 0. The normalized spacial score (nSPS) is 9.33. The zero-order chi connectivity index (χ0) is 9.97. The van der Waals surface area contributed by atoms with Crippen molar-refractivity contribution in [2.45, 2.75) is 0 Å². The van der Waals surface area contributed by atoms with Crippen molar-refractivity contribution in [3.63, 3.8) is 0 Å². The van der Waals surface area contributed by atoms with Gasteiger partial charge in [0.1, 0.15) is 5.75 Å². The molecule has 0 saturated carbocycles. The average Bonchev–Trinajstić information content (AvgIpc) is 2.21. The Bertz CT molecular complexity index is 379. The van der Waals surface area contributed by atoms with E-state index < -0.39 is 0 Å². The van der Waals surface area contributed by atoms with Crippen LogP contribution in [-0.2, 0) is 0 Å². The lowest BCUT2D eigenvalue weighted by Crippen LogP contribution is -1.83. The van der Waals surface area contributed by atoms with Crippen LogP contribution in [-0.4, -0.2) is 5.11 Å². The topological polar surface area (TPSA) is 46.2 Å². The van der Waals surface area contributed by atoms with Crippen LogP contribution >= 0.6 is 13.5 Å². The first-order chi connectivity index (χ1) is 6.75. The van der Waals surface area contributed by atoms with Gasteiger partial charge in [0.15, 0.2) is 0 Å². The third kappa shape index (κ3) is 2.67. The van der Waals surface area contributed by atoms with Gasteiger partial charge in [-0.1, -0.05) is 24.3 Å². The first-order valence-electron chi connectivity index (χ1n) is 4.41. The molecule has 0 fully saturated rings. The number of anilines is 1. The van der Waals surface area contributed by atoms with Crippen molar-refractivity contribution >= 4 is 19.2 Å². The second-order valence-electron chi connectivity index (χ2n) is 3.17. The molecule has 0 heterocycles. The van der Waals surface area contributed by atoms with Gasteiger partial charge in [-0.2, -0.15) is 13.5 Å². The number of aromatic hydroxyl groups is 1. The molecule has 3 heteroatoms. The van der Waals surface area contributed by atoms with E-state index in [4.69, 9.17) is 10.8 Å². The monoisotopic (exact) mass is 219 g/mol. The van der Waals surface area contributed by atoms with Gasteiger partial charge in [-0.3, -0.25) is 0 Å². The summed E-state index contributed by atoms with van der Waals surface area (Å²) in [4.78, 5) is 0. The molecular weight excluding hydrogens is 206 g/mol. The fourth-order valence-corrected chi connectivity index (χ4v) is 1.33. The number of hydrogen-bond acceptors (Lipinski definition) is 2. The Kier molecular flexibility index (Phi) is 3.63. The number of rotatable bonds is 1. The number of phenolic OH excluding ortho intramolecular Hbond substituents is 1. The molecule has 0 atom stereocenters. The van der Waals surface area contributed by atoms with Crippen molar-refractivity contribution in [3.05, 3.63) is 48.5 Å². The van der Waals surface area contributed by atoms with E-state index in [1.54, 1.807) is 12.1 Å². The fourth-order valence-electron chi connectivity index (χ4n) is 1.33. The van der Waals surface area contributed by atoms with E-state index in [1.165, 1.54) is 0 Å². The number of nitrogens with two attached hydrogens (primary N) is 1. The van der Waals surface area contributed by atoms with E-state index in [0.717, 1.165) is 16.8 Å². The number of benzene rings is 2. The van der Waals surface area contributed by atoms with E-state index in [9.17, 15) is 0 Å².